The zero-order valence-electron chi connectivity index (χ0n) is 12.3. The van der Waals surface area contributed by atoms with E-state index in [9.17, 15) is 9.59 Å². The van der Waals surface area contributed by atoms with Crippen LogP contribution >= 0.6 is 0 Å². The number of amides is 3. The van der Waals surface area contributed by atoms with E-state index < -0.39 is 18.0 Å². The van der Waals surface area contributed by atoms with E-state index in [2.05, 4.69) is 10.6 Å². The molecule has 0 heterocycles. The van der Waals surface area contributed by atoms with E-state index in [0.717, 1.165) is 24.8 Å². The summed E-state index contributed by atoms with van der Waals surface area (Å²) in [6.45, 7) is 2.48. The van der Waals surface area contributed by atoms with Crippen molar-refractivity contribution in [1.29, 1.82) is 0 Å². The van der Waals surface area contributed by atoms with Crippen molar-refractivity contribution in [3.05, 3.63) is 35.9 Å². The van der Waals surface area contributed by atoms with Gasteiger partial charge in [0, 0.05) is 6.54 Å². The Hall–Kier alpha value is -2.08. The summed E-state index contributed by atoms with van der Waals surface area (Å²) in [6.07, 6.45) is 2.92. The van der Waals surface area contributed by atoms with Crippen molar-refractivity contribution in [3.63, 3.8) is 0 Å². The van der Waals surface area contributed by atoms with Crippen LogP contribution in [0.2, 0.25) is 0 Å². The fourth-order valence-electron chi connectivity index (χ4n) is 1.93. The molecule has 0 saturated heterocycles. The Morgan fingerprint density at radius 3 is 2.57 bits per heavy atom. The van der Waals surface area contributed by atoms with Crippen LogP contribution in [0.15, 0.2) is 30.3 Å². The number of hydrogen-bond acceptors (Lipinski definition) is 3. The van der Waals surface area contributed by atoms with Gasteiger partial charge in [-0.2, -0.15) is 0 Å². The minimum Gasteiger partial charge on any atom is -0.338 e. The van der Waals surface area contributed by atoms with Gasteiger partial charge in [-0.1, -0.05) is 50.1 Å². The van der Waals surface area contributed by atoms with Crippen LogP contribution in [0.4, 0.5) is 4.79 Å². The minimum absolute atomic E-state index is 0.407. The van der Waals surface area contributed by atoms with Gasteiger partial charge in [-0.15, -0.1) is 0 Å². The average Bonchev–Trinajstić information content (AvgIpc) is 2.51. The topological polar surface area (TPSA) is 90.5 Å². The van der Waals surface area contributed by atoms with Gasteiger partial charge in [0.05, 0.1) is 0 Å². The predicted octanol–water partition coefficient (Wildman–Crippen LogP) is 1.59. The number of carbonyl (C=O) groups is 2. The molecular formula is C15H23N3O3. The van der Waals surface area contributed by atoms with Crippen molar-refractivity contribution in [2.24, 2.45) is 0 Å². The van der Waals surface area contributed by atoms with E-state index in [-0.39, 0.29) is 0 Å². The standard InChI is InChI=1S/C15H23N3O3/c1-2-3-9-13(14(19)18-21)17-15(20)16-11-10-12-7-5-4-6-8-12/h4-8,13,21H,2-3,9-11H2,1H3,(H,18,19)(H2,16,17,20)/t13-/m0/s1. The van der Waals surface area contributed by atoms with Gasteiger partial charge in [0.2, 0.25) is 0 Å². The van der Waals surface area contributed by atoms with Crippen molar-refractivity contribution in [1.82, 2.24) is 16.1 Å². The Morgan fingerprint density at radius 2 is 1.95 bits per heavy atom. The van der Waals surface area contributed by atoms with E-state index in [0.29, 0.717) is 13.0 Å². The van der Waals surface area contributed by atoms with E-state index >= 15 is 0 Å². The second-order valence-corrected chi connectivity index (χ2v) is 4.81. The number of urea groups is 1. The van der Waals surface area contributed by atoms with Crippen LogP contribution in [0.5, 0.6) is 0 Å². The number of hydroxylamine groups is 1. The molecule has 6 heteroatoms. The van der Waals surface area contributed by atoms with Crippen LogP contribution < -0.4 is 16.1 Å². The third-order valence-corrected chi connectivity index (χ3v) is 3.12. The second-order valence-electron chi connectivity index (χ2n) is 4.81. The molecule has 0 aliphatic rings. The molecule has 21 heavy (non-hydrogen) atoms. The lowest BCUT2D eigenvalue weighted by Gasteiger charge is -2.16. The Bertz CT molecular complexity index is 437. The highest BCUT2D eigenvalue weighted by molar-refractivity contribution is 5.86. The lowest BCUT2D eigenvalue weighted by molar-refractivity contribution is -0.131. The van der Waals surface area contributed by atoms with Crippen LogP contribution in [0.25, 0.3) is 0 Å². The summed E-state index contributed by atoms with van der Waals surface area (Å²) in [7, 11) is 0. The molecule has 1 rings (SSSR count). The first-order valence-electron chi connectivity index (χ1n) is 7.19. The van der Waals surface area contributed by atoms with Gasteiger partial charge in [0.1, 0.15) is 6.04 Å². The Morgan fingerprint density at radius 1 is 1.24 bits per heavy atom. The molecule has 0 spiro atoms. The zero-order chi connectivity index (χ0) is 15.5. The molecule has 0 unspecified atom stereocenters. The van der Waals surface area contributed by atoms with E-state index in [4.69, 9.17) is 5.21 Å². The molecular weight excluding hydrogens is 270 g/mol. The fraction of sp³-hybridized carbons (Fsp3) is 0.467. The lowest BCUT2D eigenvalue weighted by Crippen LogP contribution is -2.49. The van der Waals surface area contributed by atoms with Crippen molar-refractivity contribution in [2.75, 3.05) is 6.54 Å². The van der Waals surface area contributed by atoms with Crippen molar-refractivity contribution < 1.29 is 14.8 Å². The van der Waals surface area contributed by atoms with Crippen LogP contribution in [0.1, 0.15) is 31.7 Å². The third kappa shape index (κ3) is 6.76. The Labute approximate surface area is 124 Å². The summed E-state index contributed by atoms with van der Waals surface area (Å²) in [5.74, 6) is -0.596. The Kier molecular flexibility index (Phi) is 7.89. The molecule has 0 aliphatic heterocycles. The number of unbranched alkanes of at least 4 members (excludes halogenated alkanes) is 1. The molecule has 4 N–H and O–H groups in total. The highest BCUT2D eigenvalue weighted by atomic mass is 16.5. The number of nitrogens with one attached hydrogen (secondary N) is 3. The molecule has 0 aliphatic carbocycles. The van der Waals surface area contributed by atoms with Crippen LogP contribution in [0.3, 0.4) is 0 Å². The summed E-state index contributed by atoms with van der Waals surface area (Å²) in [5, 5.41) is 13.9. The van der Waals surface area contributed by atoms with Crippen LogP contribution in [0, 0.1) is 0 Å². The van der Waals surface area contributed by atoms with Crippen molar-refractivity contribution >= 4 is 11.9 Å². The van der Waals surface area contributed by atoms with Crippen LogP contribution in [-0.2, 0) is 11.2 Å². The molecule has 0 fully saturated rings. The van der Waals surface area contributed by atoms with E-state index in [1.807, 2.05) is 37.3 Å². The van der Waals surface area contributed by atoms with Gasteiger partial charge in [-0.3, -0.25) is 10.0 Å². The SMILES string of the molecule is CCCC[C@H](NC(=O)NCCc1ccccc1)C(=O)NO. The monoisotopic (exact) mass is 293 g/mol. The molecule has 116 valence electrons. The maximum absolute atomic E-state index is 11.7. The van der Waals surface area contributed by atoms with Crippen molar-refractivity contribution in [3.8, 4) is 0 Å². The lowest BCUT2D eigenvalue weighted by atomic mass is 10.1. The highest BCUT2D eigenvalue weighted by Gasteiger charge is 2.19. The van der Waals surface area contributed by atoms with Gasteiger partial charge in [-0.05, 0) is 18.4 Å². The van der Waals surface area contributed by atoms with Gasteiger partial charge in [0.15, 0.2) is 0 Å². The summed E-state index contributed by atoms with van der Waals surface area (Å²) in [4.78, 5) is 23.2. The smallest absolute Gasteiger partial charge is 0.315 e. The molecule has 3 amide bonds. The molecule has 1 atom stereocenters. The summed E-state index contributed by atoms with van der Waals surface area (Å²) in [6, 6.07) is 8.69. The molecule has 0 radical (unpaired) electrons. The second kappa shape index (κ2) is 9.77. The molecule has 0 bridgehead atoms. The number of hydrogen-bond donors (Lipinski definition) is 4. The van der Waals surface area contributed by atoms with Gasteiger partial charge < -0.3 is 10.6 Å². The zero-order valence-corrected chi connectivity index (χ0v) is 12.3. The van der Waals surface area contributed by atoms with Gasteiger partial charge in [-0.25, -0.2) is 10.3 Å². The first-order chi connectivity index (χ1) is 10.2. The van der Waals surface area contributed by atoms with Crippen molar-refractivity contribution in [2.45, 2.75) is 38.6 Å². The number of benzene rings is 1. The largest absolute Gasteiger partial charge is 0.338 e. The highest BCUT2D eigenvalue weighted by Crippen LogP contribution is 2.01. The van der Waals surface area contributed by atoms with E-state index in [1.165, 1.54) is 0 Å². The number of rotatable bonds is 8. The Balaban J connectivity index is 2.34. The summed E-state index contributed by atoms with van der Waals surface area (Å²) < 4.78 is 0. The summed E-state index contributed by atoms with van der Waals surface area (Å²) in [5.41, 5.74) is 2.71. The number of carbonyl (C=O) groups excluding carboxylic acids is 2. The first kappa shape index (κ1) is 17.0. The predicted molar refractivity (Wildman–Crippen MR) is 79.9 cm³/mol. The van der Waals surface area contributed by atoms with E-state index in [1.54, 1.807) is 5.48 Å². The fourth-order valence-corrected chi connectivity index (χ4v) is 1.93. The molecule has 1 aromatic rings. The normalized spacial score (nSPS) is 11.5. The molecule has 0 aromatic heterocycles. The maximum Gasteiger partial charge on any atom is 0.315 e. The van der Waals surface area contributed by atoms with Gasteiger partial charge >= 0.3 is 6.03 Å². The summed E-state index contributed by atoms with van der Waals surface area (Å²) >= 11 is 0. The third-order valence-electron chi connectivity index (χ3n) is 3.12. The quantitative estimate of drug-likeness (QED) is 0.433. The first-order valence-corrected chi connectivity index (χ1v) is 7.19. The van der Waals surface area contributed by atoms with Crippen LogP contribution in [-0.4, -0.2) is 29.7 Å². The molecule has 0 saturated carbocycles. The van der Waals surface area contributed by atoms with Gasteiger partial charge in [0.25, 0.3) is 5.91 Å². The average molecular weight is 293 g/mol. The minimum atomic E-state index is -0.716. The molecule has 1 aromatic carbocycles. The maximum atomic E-state index is 11.7. The molecule has 6 nitrogen and oxygen atoms in total.